The SMILES string of the molecule is CC/C=C\C/C=C\C/C=C\C/C=C\CCCCCCC(=O)OC[C@H](COP(=O)(O)OC[C@@H](O)CO)OC(=O)[C@@H](N)CS[C@H](/C=C/C=C/C=C\C/C=C\CCCCC)[C@@H](O)CCCC(=O)O. The van der Waals surface area contributed by atoms with Gasteiger partial charge in [-0.15, -0.1) is 11.8 Å². The van der Waals surface area contributed by atoms with Crippen LogP contribution in [0.2, 0.25) is 0 Å². The number of hydrogen-bond donors (Lipinski definition) is 6. The predicted molar refractivity (Wildman–Crippen MR) is 261 cm³/mol. The van der Waals surface area contributed by atoms with Crippen LogP contribution in [-0.4, -0.2) is 105 Å². The zero-order valence-corrected chi connectivity index (χ0v) is 40.5. The summed E-state index contributed by atoms with van der Waals surface area (Å²) >= 11 is 1.16. The molecular weight excluding hydrogens is 874 g/mol. The van der Waals surface area contributed by atoms with Crippen LogP contribution < -0.4 is 5.73 Å². The average molecular weight is 954 g/mol. The van der Waals surface area contributed by atoms with Crippen LogP contribution in [0.4, 0.5) is 0 Å². The summed E-state index contributed by atoms with van der Waals surface area (Å²) in [6.07, 6.45) is 42.7. The van der Waals surface area contributed by atoms with Crippen LogP contribution in [0, 0.1) is 0 Å². The molecule has 0 aromatic carbocycles. The van der Waals surface area contributed by atoms with Crippen molar-refractivity contribution in [2.75, 3.05) is 32.2 Å². The summed E-state index contributed by atoms with van der Waals surface area (Å²) in [5, 5.41) is 37.9. The molecule has 0 aliphatic rings. The van der Waals surface area contributed by atoms with Gasteiger partial charge in [0.15, 0.2) is 6.10 Å². The largest absolute Gasteiger partial charge is 0.481 e. The third-order valence-electron chi connectivity index (χ3n) is 9.22. The highest BCUT2D eigenvalue weighted by Crippen LogP contribution is 2.43. The maximum atomic E-state index is 13.2. The number of phosphoric acid groups is 1. The zero-order valence-electron chi connectivity index (χ0n) is 38.8. The molecular formula is C49H80NO13PS. The standard InChI is InChI=1S/C49H80NO13PS/c1-3-5-7-9-11-13-15-17-18-19-20-21-23-25-27-29-31-36-48(56)60-39-43(40-62-64(58,59)61-38-42(52)37-51)63-49(57)44(50)41-65-46(45(53)33-32-35-47(54)55)34-30-28-26-24-22-16-14-12-10-8-6-4-2/h5,7,11-14,17-18,20-22,24,26,28,30,34,42-46,51-53H,3-4,6,8-10,15-16,19,23,25,27,29,31-33,35-41,50H2,1-2H3,(H,54,55)(H,58,59)/b7-5-,13-11-,14-12-,18-17-,21-20-,24-22-,28-26+,34-30+/t42-,43+,44-,45-,46+/m0/s1. The first-order valence-electron chi connectivity index (χ1n) is 23.1. The molecule has 0 spiro atoms. The first-order valence-corrected chi connectivity index (χ1v) is 25.7. The number of unbranched alkanes of at least 4 members (excludes halogenated alkanes) is 7. The minimum atomic E-state index is -4.79. The molecule has 14 nitrogen and oxygen atoms in total. The second kappa shape index (κ2) is 43.2. The number of carboxylic acids is 1. The molecule has 0 saturated heterocycles. The normalized spacial score (nSPS) is 15.9. The molecule has 0 radical (unpaired) electrons. The van der Waals surface area contributed by atoms with Crippen LogP contribution in [0.25, 0.3) is 0 Å². The van der Waals surface area contributed by atoms with Crippen molar-refractivity contribution in [3.63, 3.8) is 0 Å². The summed E-state index contributed by atoms with van der Waals surface area (Å²) in [6, 6.07) is -1.25. The van der Waals surface area contributed by atoms with Crippen molar-refractivity contribution in [2.45, 2.75) is 159 Å². The summed E-state index contributed by atoms with van der Waals surface area (Å²) in [5.74, 6) is -2.51. The number of aliphatic hydroxyl groups excluding tert-OH is 3. The van der Waals surface area contributed by atoms with Crippen molar-refractivity contribution < 1.29 is 62.8 Å². The van der Waals surface area contributed by atoms with Crippen LogP contribution in [0.1, 0.15) is 129 Å². The Balaban J connectivity index is 5.23. The number of carboxylic acid groups (broad SMARTS) is 1. The van der Waals surface area contributed by atoms with Gasteiger partial charge in [0.05, 0.1) is 25.9 Å². The highest BCUT2D eigenvalue weighted by Gasteiger charge is 2.29. The van der Waals surface area contributed by atoms with Crippen molar-refractivity contribution >= 4 is 37.5 Å². The maximum absolute atomic E-state index is 13.2. The Bertz CT molecular complexity index is 1530. The first kappa shape index (κ1) is 61.6. The van der Waals surface area contributed by atoms with Gasteiger partial charge in [-0.1, -0.05) is 137 Å². The minimum absolute atomic E-state index is 0.0334. The number of phosphoric ester groups is 1. The van der Waals surface area contributed by atoms with E-state index in [1.165, 1.54) is 19.3 Å². The fraction of sp³-hybridized carbons (Fsp3) is 0.612. The van der Waals surface area contributed by atoms with Crippen LogP contribution >= 0.6 is 19.6 Å². The summed E-state index contributed by atoms with van der Waals surface area (Å²) in [7, 11) is -4.79. The van der Waals surface area contributed by atoms with Gasteiger partial charge in [-0.2, -0.15) is 0 Å². The van der Waals surface area contributed by atoms with E-state index < -0.39 is 81.8 Å². The van der Waals surface area contributed by atoms with Crippen LogP contribution in [-0.2, 0) is 37.5 Å². The number of hydrogen-bond acceptors (Lipinski definition) is 13. The molecule has 0 aliphatic heterocycles. The number of nitrogens with two attached hydrogens (primary N) is 1. The number of esters is 2. The molecule has 7 N–H and O–H groups in total. The zero-order chi connectivity index (χ0) is 48.2. The molecule has 16 heteroatoms. The molecule has 0 fully saturated rings. The highest BCUT2D eigenvalue weighted by atomic mass is 32.2. The van der Waals surface area contributed by atoms with E-state index in [2.05, 4.69) is 79.1 Å². The van der Waals surface area contributed by atoms with E-state index in [0.717, 1.165) is 76.0 Å². The quantitative estimate of drug-likeness (QED) is 0.0110. The van der Waals surface area contributed by atoms with E-state index in [1.54, 1.807) is 18.2 Å². The van der Waals surface area contributed by atoms with E-state index in [4.69, 9.17) is 29.9 Å². The summed E-state index contributed by atoms with van der Waals surface area (Å²) in [6.45, 7) is 1.61. The fourth-order valence-electron chi connectivity index (χ4n) is 5.52. The van der Waals surface area contributed by atoms with E-state index in [0.29, 0.717) is 6.42 Å². The Labute approximate surface area is 393 Å². The molecule has 1 unspecified atom stereocenters. The van der Waals surface area contributed by atoms with Crippen LogP contribution in [0.3, 0.4) is 0 Å². The van der Waals surface area contributed by atoms with Crippen molar-refractivity contribution in [2.24, 2.45) is 5.73 Å². The van der Waals surface area contributed by atoms with Crippen molar-refractivity contribution in [3.8, 4) is 0 Å². The van der Waals surface area contributed by atoms with Gasteiger partial charge >= 0.3 is 25.7 Å². The fourth-order valence-corrected chi connectivity index (χ4v) is 7.44. The topological polar surface area (TPSA) is 232 Å². The second-order valence-corrected chi connectivity index (χ2v) is 17.9. The van der Waals surface area contributed by atoms with Gasteiger partial charge in [-0.3, -0.25) is 23.4 Å². The predicted octanol–water partition coefficient (Wildman–Crippen LogP) is 9.31. The van der Waals surface area contributed by atoms with Crippen molar-refractivity contribution in [1.29, 1.82) is 0 Å². The maximum Gasteiger partial charge on any atom is 0.472 e. The Hall–Kier alpha value is -3.37. The highest BCUT2D eigenvalue weighted by molar-refractivity contribution is 8.00. The number of rotatable bonds is 42. The molecule has 370 valence electrons. The van der Waals surface area contributed by atoms with Gasteiger partial charge in [0, 0.05) is 23.8 Å². The number of aliphatic carboxylic acids is 1. The lowest BCUT2D eigenvalue weighted by Crippen LogP contribution is -2.40. The number of thioether (sulfide) groups is 1. The Morgan fingerprint density at radius 3 is 1.91 bits per heavy atom. The first-order chi connectivity index (χ1) is 31.3. The van der Waals surface area contributed by atoms with E-state index in [-0.39, 0.29) is 31.4 Å². The Morgan fingerprint density at radius 2 is 1.28 bits per heavy atom. The van der Waals surface area contributed by atoms with E-state index in [9.17, 15) is 34.1 Å². The van der Waals surface area contributed by atoms with Gasteiger partial charge in [-0.05, 0) is 77.0 Å². The van der Waals surface area contributed by atoms with Gasteiger partial charge in [0.25, 0.3) is 0 Å². The third kappa shape index (κ3) is 40.6. The number of carbonyl (C=O) groups excluding carboxylic acids is 2. The molecule has 6 atom stereocenters. The second-order valence-electron chi connectivity index (χ2n) is 15.3. The lowest BCUT2D eigenvalue weighted by molar-refractivity contribution is -0.161. The average Bonchev–Trinajstić information content (AvgIpc) is 3.28. The van der Waals surface area contributed by atoms with Gasteiger partial charge < -0.3 is 40.5 Å². The molecule has 0 aromatic rings. The Kier molecular flexibility index (Phi) is 41.0. The summed E-state index contributed by atoms with van der Waals surface area (Å²) in [5.41, 5.74) is 6.19. The van der Waals surface area contributed by atoms with Crippen LogP contribution in [0.15, 0.2) is 97.2 Å². The molecule has 0 heterocycles. The summed E-state index contributed by atoms with van der Waals surface area (Å²) < 4.78 is 32.9. The van der Waals surface area contributed by atoms with Gasteiger partial charge in [-0.25, -0.2) is 4.57 Å². The Morgan fingerprint density at radius 1 is 0.692 bits per heavy atom. The van der Waals surface area contributed by atoms with Gasteiger partial charge in [0.1, 0.15) is 18.8 Å². The van der Waals surface area contributed by atoms with E-state index in [1.807, 2.05) is 18.2 Å². The monoisotopic (exact) mass is 954 g/mol. The molecule has 0 rings (SSSR count). The minimum Gasteiger partial charge on any atom is -0.481 e. The molecule has 0 amide bonds. The third-order valence-corrected chi connectivity index (χ3v) is 11.6. The molecule has 0 saturated carbocycles. The molecule has 0 bridgehead atoms. The molecule has 0 aromatic heterocycles. The number of allylic oxidation sites excluding steroid dienone is 15. The smallest absolute Gasteiger partial charge is 0.472 e. The summed E-state index contributed by atoms with van der Waals surface area (Å²) in [4.78, 5) is 46.9. The van der Waals surface area contributed by atoms with Crippen LogP contribution in [0.5, 0.6) is 0 Å². The lowest BCUT2D eigenvalue weighted by atomic mass is 10.1. The van der Waals surface area contributed by atoms with Crippen molar-refractivity contribution in [1.82, 2.24) is 0 Å². The lowest BCUT2D eigenvalue weighted by Gasteiger charge is -2.23. The van der Waals surface area contributed by atoms with Crippen molar-refractivity contribution in [3.05, 3.63) is 97.2 Å². The van der Waals surface area contributed by atoms with Gasteiger partial charge in [0.2, 0.25) is 0 Å². The molecule has 65 heavy (non-hydrogen) atoms. The number of ether oxygens (including phenoxy) is 2. The number of carbonyl (C=O) groups is 3. The number of aliphatic hydroxyl groups is 3. The van der Waals surface area contributed by atoms with E-state index >= 15 is 0 Å². The molecule has 0 aliphatic carbocycles.